The topological polar surface area (TPSA) is 113 Å². The van der Waals surface area contributed by atoms with Crippen LogP contribution >= 0.6 is 23.4 Å². The van der Waals surface area contributed by atoms with E-state index < -0.39 is 0 Å². The number of ether oxygens (including phenoxy) is 1. The second-order valence-electron chi connectivity index (χ2n) is 7.42. The van der Waals surface area contributed by atoms with Crippen LogP contribution < -0.4 is 20.5 Å². The van der Waals surface area contributed by atoms with Crippen LogP contribution in [0.15, 0.2) is 29.3 Å². The molecule has 1 unspecified atom stereocenters. The number of rotatable bonds is 6. The molecule has 4 rings (SSSR count). The summed E-state index contributed by atoms with van der Waals surface area (Å²) >= 11 is 7.46. The molecule has 0 bridgehead atoms. The largest absolute Gasteiger partial charge is 0.495 e. The van der Waals surface area contributed by atoms with Gasteiger partial charge in [0.15, 0.2) is 0 Å². The maximum atomic E-state index is 12.5. The second-order valence-corrected chi connectivity index (χ2v) is 8.80. The Balaban J connectivity index is 1.56. The Morgan fingerprint density at radius 3 is 2.87 bits per heavy atom. The lowest BCUT2D eigenvalue weighted by Crippen LogP contribution is -2.38. The number of fused-ring (bicyclic) bond motifs is 1. The molecule has 0 spiro atoms. The Hall–Kier alpha value is -2.85. The standard InChI is InChI=1S/C20H21ClN6O3S/c1-10(2)15-8-31-20(29)27(15)19-24-9-23-18(26-19)22-7-12-4-11-5-13(21)16(30-3)6-14(11)25-17(12)28/h4-6,9-10,15H,7-8H2,1-3H3,(H,25,28)(H,22,23,24,26). The number of pyridine rings is 1. The first-order valence-corrected chi connectivity index (χ1v) is 11.0. The summed E-state index contributed by atoms with van der Waals surface area (Å²) in [4.78, 5) is 42.0. The first-order chi connectivity index (χ1) is 14.9. The monoisotopic (exact) mass is 460 g/mol. The van der Waals surface area contributed by atoms with Gasteiger partial charge in [0.2, 0.25) is 11.9 Å². The molecule has 162 valence electrons. The number of hydrogen-bond acceptors (Lipinski definition) is 8. The Morgan fingerprint density at radius 1 is 1.32 bits per heavy atom. The molecule has 9 nitrogen and oxygen atoms in total. The Kier molecular flexibility index (Phi) is 6.01. The summed E-state index contributed by atoms with van der Waals surface area (Å²) in [5.74, 6) is 2.04. The molecule has 1 aliphatic rings. The molecule has 1 aromatic carbocycles. The maximum Gasteiger partial charge on any atom is 0.288 e. The number of amides is 1. The zero-order valence-corrected chi connectivity index (χ0v) is 18.8. The molecular formula is C20H21ClN6O3S. The SMILES string of the molecule is COc1cc2[nH]c(=O)c(CNc3ncnc(N4C(=O)SCC4C(C)C)n3)cc2cc1Cl. The first kappa shape index (κ1) is 21.4. The van der Waals surface area contributed by atoms with Gasteiger partial charge in [0, 0.05) is 29.3 Å². The minimum atomic E-state index is -0.246. The van der Waals surface area contributed by atoms with Crippen molar-refractivity contribution in [1.29, 1.82) is 0 Å². The number of nitrogens with zero attached hydrogens (tertiary/aromatic N) is 4. The lowest BCUT2D eigenvalue weighted by Gasteiger charge is -2.24. The van der Waals surface area contributed by atoms with Gasteiger partial charge in [-0.2, -0.15) is 4.98 Å². The lowest BCUT2D eigenvalue weighted by molar-refractivity contribution is 0.263. The van der Waals surface area contributed by atoms with Gasteiger partial charge < -0.3 is 15.0 Å². The zero-order chi connectivity index (χ0) is 22.1. The van der Waals surface area contributed by atoms with Gasteiger partial charge >= 0.3 is 0 Å². The molecule has 0 aliphatic carbocycles. The summed E-state index contributed by atoms with van der Waals surface area (Å²) < 4.78 is 5.19. The van der Waals surface area contributed by atoms with E-state index in [-0.39, 0.29) is 35.3 Å². The number of carbonyl (C=O) groups excluding carboxylic acids is 1. The zero-order valence-electron chi connectivity index (χ0n) is 17.2. The number of nitrogens with one attached hydrogen (secondary N) is 2. The second kappa shape index (κ2) is 8.72. The number of benzene rings is 1. The van der Waals surface area contributed by atoms with Crippen LogP contribution in [0.4, 0.5) is 16.7 Å². The highest BCUT2D eigenvalue weighted by atomic mass is 35.5. The van der Waals surface area contributed by atoms with Gasteiger partial charge in [-0.05, 0) is 18.1 Å². The third kappa shape index (κ3) is 4.31. The quantitative estimate of drug-likeness (QED) is 0.572. The predicted octanol–water partition coefficient (Wildman–Crippen LogP) is 3.69. The first-order valence-electron chi connectivity index (χ1n) is 9.65. The minimum Gasteiger partial charge on any atom is -0.495 e. The molecule has 31 heavy (non-hydrogen) atoms. The van der Waals surface area contributed by atoms with Crippen molar-refractivity contribution in [2.45, 2.75) is 26.4 Å². The van der Waals surface area contributed by atoms with Crippen molar-refractivity contribution in [2.75, 3.05) is 23.1 Å². The number of H-pyrrole nitrogens is 1. The molecule has 0 radical (unpaired) electrons. The normalized spacial score (nSPS) is 16.4. The fraction of sp³-hybridized carbons (Fsp3) is 0.350. The van der Waals surface area contributed by atoms with E-state index in [0.717, 1.165) is 5.39 Å². The van der Waals surface area contributed by atoms with E-state index in [4.69, 9.17) is 16.3 Å². The van der Waals surface area contributed by atoms with Crippen LogP contribution in [0.5, 0.6) is 5.75 Å². The highest BCUT2D eigenvalue weighted by Crippen LogP contribution is 2.32. The molecule has 1 amide bonds. The molecule has 2 aromatic heterocycles. The average molecular weight is 461 g/mol. The van der Waals surface area contributed by atoms with Crippen LogP contribution in [0.1, 0.15) is 19.4 Å². The molecule has 3 aromatic rings. The van der Waals surface area contributed by atoms with Crippen molar-refractivity contribution in [2.24, 2.45) is 5.92 Å². The fourth-order valence-electron chi connectivity index (χ4n) is 3.36. The van der Waals surface area contributed by atoms with Crippen LogP contribution in [0.25, 0.3) is 10.9 Å². The van der Waals surface area contributed by atoms with Crippen LogP contribution in [0.2, 0.25) is 5.02 Å². The van der Waals surface area contributed by atoms with Crippen LogP contribution in [0.3, 0.4) is 0 Å². The minimum absolute atomic E-state index is 0.0258. The van der Waals surface area contributed by atoms with E-state index in [1.807, 2.05) is 0 Å². The van der Waals surface area contributed by atoms with E-state index in [9.17, 15) is 9.59 Å². The summed E-state index contributed by atoms with van der Waals surface area (Å²) in [6, 6.07) is 5.20. The summed E-state index contributed by atoms with van der Waals surface area (Å²) in [6.45, 7) is 4.31. The predicted molar refractivity (Wildman–Crippen MR) is 122 cm³/mol. The number of anilines is 2. The summed E-state index contributed by atoms with van der Waals surface area (Å²) in [5.41, 5.74) is 0.871. The van der Waals surface area contributed by atoms with Gasteiger partial charge in [-0.1, -0.05) is 37.2 Å². The van der Waals surface area contributed by atoms with Gasteiger partial charge in [-0.25, -0.2) is 9.97 Å². The Morgan fingerprint density at radius 2 is 2.13 bits per heavy atom. The molecule has 11 heteroatoms. The Labute approximate surface area is 187 Å². The van der Waals surface area contributed by atoms with Crippen LogP contribution in [0, 0.1) is 5.92 Å². The van der Waals surface area contributed by atoms with Gasteiger partial charge in [0.05, 0.1) is 23.7 Å². The van der Waals surface area contributed by atoms with Gasteiger partial charge in [-0.15, -0.1) is 0 Å². The number of aromatic nitrogens is 4. The number of thioether (sulfide) groups is 1. The highest BCUT2D eigenvalue weighted by molar-refractivity contribution is 8.14. The number of halogens is 1. The summed E-state index contributed by atoms with van der Waals surface area (Å²) in [7, 11) is 1.52. The summed E-state index contributed by atoms with van der Waals surface area (Å²) in [6.07, 6.45) is 1.36. The molecular weight excluding hydrogens is 440 g/mol. The third-order valence-electron chi connectivity index (χ3n) is 5.08. The van der Waals surface area contributed by atoms with E-state index in [1.165, 1.54) is 25.2 Å². The van der Waals surface area contributed by atoms with Gasteiger partial charge in [0.25, 0.3) is 10.8 Å². The van der Waals surface area contributed by atoms with Crippen molar-refractivity contribution in [1.82, 2.24) is 19.9 Å². The number of hydrogen-bond donors (Lipinski definition) is 2. The maximum absolute atomic E-state index is 12.5. The fourth-order valence-corrected chi connectivity index (χ4v) is 4.81. The van der Waals surface area contributed by atoms with Gasteiger partial charge in [-0.3, -0.25) is 14.5 Å². The average Bonchev–Trinajstić information content (AvgIpc) is 3.14. The van der Waals surface area contributed by atoms with Crippen molar-refractivity contribution >= 4 is 51.4 Å². The van der Waals surface area contributed by atoms with E-state index in [1.54, 1.807) is 23.1 Å². The molecule has 1 atom stereocenters. The van der Waals surface area contributed by atoms with Gasteiger partial charge in [0.1, 0.15) is 12.1 Å². The number of aromatic amines is 1. The molecule has 3 heterocycles. The van der Waals surface area contributed by atoms with Crippen LogP contribution in [-0.4, -0.2) is 44.1 Å². The number of methoxy groups -OCH3 is 1. The van der Waals surface area contributed by atoms with E-state index in [2.05, 4.69) is 39.1 Å². The van der Waals surface area contributed by atoms with Crippen LogP contribution in [-0.2, 0) is 6.54 Å². The Bertz CT molecular complexity index is 1200. The van der Waals surface area contributed by atoms with Crippen molar-refractivity contribution in [3.63, 3.8) is 0 Å². The molecule has 1 fully saturated rings. The molecule has 2 N–H and O–H groups in total. The van der Waals surface area contributed by atoms with E-state index in [0.29, 0.717) is 33.6 Å². The van der Waals surface area contributed by atoms with E-state index >= 15 is 0 Å². The number of carbonyl (C=O) groups is 1. The summed E-state index contributed by atoms with van der Waals surface area (Å²) in [5, 5.41) is 4.20. The molecule has 1 aliphatic heterocycles. The third-order valence-corrected chi connectivity index (χ3v) is 6.33. The van der Waals surface area contributed by atoms with Crippen molar-refractivity contribution in [3.05, 3.63) is 45.5 Å². The smallest absolute Gasteiger partial charge is 0.288 e. The van der Waals surface area contributed by atoms with Crippen molar-refractivity contribution in [3.8, 4) is 5.75 Å². The lowest BCUT2D eigenvalue weighted by atomic mass is 10.1. The molecule has 0 saturated carbocycles. The van der Waals surface area contributed by atoms with Crippen molar-refractivity contribution < 1.29 is 9.53 Å². The molecule has 1 saturated heterocycles. The highest BCUT2D eigenvalue weighted by Gasteiger charge is 2.36.